The van der Waals surface area contributed by atoms with Crippen LogP contribution >= 0.6 is 0 Å². The Balaban J connectivity index is 2.83. The molecule has 0 aliphatic heterocycles. The lowest BCUT2D eigenvalue weighted by Crippen LogP contribution is -2.31. The lowest BCUT2D eigenvalue weighted by Gasteiger charge is -2.00. The fourth-order valence-corrected chi connectivity index (χ4v) is 0.721. The molecule has 1 amide bonds. The van der Waals surface area contributed by atoms with E-state index in [4.69, 9.17) is 0 Å². The third kappa shape index (κ3) is 1.91. The molecule has 0 radical (unpaired) electrons. The van der Waals surface area contributed by atoms with Gasteiger partial charge in [0.2, 0.25) is 5.91 Å². The van der Waals surface area contributed by atoms with Crippen molar-refractivity contribution in [3.8, 4) is 0 Å². The van der Waals surface area contributed by atoms with Gasteiger partial charge in [0, 0.05) is 19.3 Å². The van der Waals surface area contributed by atoms with Crippen LogP contribution < -0.4 is 10.9 Å². The average molecular weight is 167 g/mol. The zero-order valence-corrected chi connectivity index (χ0v) is 6.65. The van der Waals surface area contributed by atoms with Crippen molar-refractivity contribution >= 4 is 5.91 Å². The van der Waals surface area contributed by atoms with Gasteiger partial charge in [0.05, 0.1) is 0 Å². The van der Waals surface area contributed by atoms with Gasteiger partial charge in [0.25, 0.3) is 5.56 Å². The highest BCUT2D eigenvalue weighted by atomic mass is 16.2. The smallest absolute Gasteiger partial charge is 0.267 e. The normalized spacial score (nSPS) is 9.42. The van der Waals surface area contributed by atoms with E-state index in [9.17, 15) is 9.59 Å². The minimum atomic E-state index is -0.277. The number of hydrogen-bond donors (Lipinski definition) is 1. The molecule has 0 aliphatic rings. The second-order valence-electron chi connectivity index (χ2n) is 2.19. The molecule has 0 aromatic carbocycles. The molecule has 0 saturated carbocycles. The quantitative estimate of drug-likeness (QED) is 0.613. The van der Waals surface area contributed by atoms with E-state index >= 15 is 0 Å². The van der Waals surface area contributed by atoms with Gasteiger partial charge in [-0.3, -0.25) is 9.59 Å². The van der Waals surface area contributed by atoms with Gasteiger partial charge in [0.15, 0.2) is 0 Å². The lowest BCUT2D eigenvalue weighted by molar-refractivity contribution is -0.121. The summed E-state index contributed by atoms with van der Waals surface area (Å²) in [4.78, 5) is 21.8. The predicted octanol–water partition coefficient (Wildman–Crippen LogP) is -1.01. The van der Waals surface area contributed by atoms with Crippen LogP contribution in [-0.4, -0.2) is 22.7 Å². The third-order valence-corrected chi connectivity index (χ3v) is 1.36. The highest BCUT2D eigenvalue weighted by molar-refractivity contribution is 5.75. The fourth-order valence-electron chi connectivity index (χ4n) is 0.721. The second kappa shape index (κ2) is 3.66. The first-order chi connectivity index (χ1) is 5.74. The Morgan fingerprint density at radius 2 is 2.50 bits per heavy atom. The van der Waals surface area contributed by atoms with Crippen LogP contribution in [0.5, 0.6) is 0 Å². The Bertz CT molecular complexity index is 331. The summed E-state index contributed by atoms with van der Waals surface area (Å²) in [7, 11) is 1.51. The number of amides is 1. The van der Waals surface area contributed by atoms with Crippen molar-refractivity contribution in [2.45, 2.75) is 6.54 Å². The largest absolute Gasteiger partial charge is 0.358 e. The molecular weight excluding hydrogens is 158 g/mol. The summed E-state index contributed by atoms with van der Waals surface area (Å²) in [6.45, 7) is -0.0316. The van der Waals surface area contributed by atoms with Crippen LogP contribution in [-0.2, 0) is 11.3 Å². The molecule has 0 spiro atoms. The van der Waals surface area contributed by atoms with Gasteiger partial charge in [-0.05, 0) is 6.07 Å². The summed E-state index contributed by atoms with van der Waals surface area (Å²) in [5.74, 6) is -0.240. The maximum absolute atomic E-state index is 11.0. The van der Waals surface area contributed by atoms with Gasteiger partial charge in [0.1, 0.15) is 6.54 Å². The van der Waals surface area contributed by atoms with Crippen LogP contribution in [0.15, 0.2) is 23.1 Å². The van der Waals surface area contributed by atoms with Gasteiger partial charge in [-0.2, -0.15) is 5.10 Å². The SMILES string of the molecule is CNC(=O)Cn1ncccc1=O. The number of carbonyl (C=O) groups excluding carboxylic acids is 1. The standard InChI is InChI=1S/C7H9N3O2/c1-8-6(11)5-10-7(12)3-2-4-9-10/h2-4H,5H2,1H3,(H,8,11). The summed E-state index contributed by atoms with van der Waals surface area (Å²) < 4.78 is 1.10. The van der Waals surface area contributed by atoms with Gasteiger partial charge < -0.3 is 5.32 Å². The number of hydrogen-bond acceptors (Lipinski definition) is 3. The fraction of sp³-hybridized carbons (Fsp3) is 0.286. The first-order valence-electron chi connectivity index (χ1n) is 3.47. The van der Waals surface area contributed by atoms with Crippen molar-refractivity contribution in [2.24, 2.45) is 0 Å². The molecule has 64 valence electrons. The van der Waals surface area contributed by atoms with Crippen LogP contribution in [0.2, 0.25) is 0 Å². The van der Waals surface area contributed by atoms with Crippen LogP contribution in [0.3, 0.4) is 0 Å². The van der Waals surface area contributed by atoms with E-state index in [1.807, 2.05) is 0 Å². The van der Waals surface area contributed by atoms with Crippen molar-refractivity contribution in [1.29, 1.82) is 0 Å². The Morgan fingerprint density at radius 3 is 3.08 bits per heavy atom. The van der Waals surface area contributed by atoms with E-state index in [1.54, 1.807) is 0 Å². The van der Waals surface area contributed by atoms with Crippen molar-refractivity contribution in [3.05, 3.63) is 28.7 Å². The van der Waals surface area contributed by atoms with Crippen molar-refractivity contribution < 1.29 is 4.79 Å². The molecule has 0 bridgehead atoms. The van der Waals surface area contributed by atoms with Gasteiger partial charge in [-0.25, -0.2) is 4.68 Å². The lowest BCUT2D eigenvalue weighted by atomic mass is 10.5. The maximum atomic E-state index is 11.0. The number of nitrogens with one attached hydrogen (secondary N) is 1. The van der Waals surface area contributed by atoms with Crippen LogP contribution in [0.25, 0.3) is 0 Å². The molecule has 1 rings (SSSR count). The van der Waals surface area contributed by atoms with Crippen molar-refractivity contribution in [2.75, 3.05) is 7.05 Å². The molecule has 0 aliphatic carbocycles. The molecule has 0 unspecified atom stereocenters. The molecule has 5 nitrogen and oxygen atoms in total. The molecule has 5 heteroatoms. The number of carbonyl (C=O) groups is 1. The molecule has 1 heterocycles. The summed E-state index contributed by atoms with van der Waals surface area (Å²) in [5.41, 5.74) is -0.277. The maximum Gasteiger partial charge on any atom is 0.267 e. The molecule has 1 aromatic heterocycles. The van der Waals surface area contributed by atoms with E-state index < -0.39 is 0 Å². The summed E-state index contributed by atoms with van der Waals surface area (Å²) in [6.07, 6.45) is 1.46. The zero-order valence-electron chi connectivity index (χ0n) is 6.65. The van der Waals surface area contributed by atoms with Gasteiger partial charge >= 0.3 is 0 Å². The molecular formula is C7H9N3O2. The minimum Gasteiger partial charge on any atom is -0.358 e. The minimum absolute atomic E-state index is 0.0316. The van der Waals surface area contributed by atoms with Gasteiger partial charge in [-0.15, -0.1) is 0 Å². The second-order valence-corrected chi connectivity index (χ2v) is 2.19. The number of likely N-dealkylation sites (N-methyl/N-ethyl adjacent to an activating group) is 1. The monoisotopic (exact) mass is 167 g/mol. The topological polar surface area (TPSA) is 64.0 Å². The first-order valence-corrected chi connectivity index (χ1v) is 3.47. The number of nitrogens with zero attached hydrogens (tertiary/aromatic N) is 2. The third-order valence-electron chi connectivity index (χ3n) is 1.36. The van der Waals surface area contributed by atoms with Crippen LogP contribution in [0.4, 0.5) is 0 Å². The Morgan fingerprint density at radius 1 is 1.75 bits per heavy atom. The van der Waals surface area contributed by atoms with E-state index in [1.165, 1.54) is 25.4 Å². The highest BCUT2D eigenvalue weighted by Crippen LogP contribution is 1.75. The van der Waals surface area contributed by atoms with Crippen LogP contribution in [0.1, 0.15) is 0 Å². The highest BCUT2D eigenvalue weighted by Gasteiger charge is 2.00. The summed E-state index contributed by atoms with van der Waals surface area (Å²) in [6, 6.07) is 2.89. The molecule has 0 atom stereocenters. The van der Waals surface area contributed by atoms with Crippen molar-refractivity contribution in [1.82, 2.24) is 15.1 Å². The van der Waals surface area contributed by atoms with E-state index in [2.05, 4.69) is 10.4 Å². The molecule has 0 saturated heterocycles. The van der Waals surface area contributed by atoms with Crippen LogP contribution in [0, 0.1) is 0 Å². The molecule has 0 fully saturated rings. The Labute approximate surface area is 69.0 Å². The summed E-state index contributed by atoms with van der Waals surface area (Å²) >= 11 is 0. The van der Waals surface area contributed by atoms with E-state index in [0.717, 1.165) is 4.68 Å². The number of rotatable bonds is 2. The molecule has 1 N–H and O–H groups in total. The van der Waals surface area contributed by atoms with Crippen molar-refractivity contribution in [3.63, 3.8) is 0 Å². The zero-order chi connectivity index (χ0) is 8.97. The summed E-state index contributed by atoms with van der Waals surface area (Å²) in [5, 5.41) is 6.11. The Hall–Kier alpha value is -1.65. The van der Waals surface area contributed by atoms with E-state index in [0.29, 0.717) is 0 Å². The Kier molecular flexibility index (Phi) is 2.57. The van der Waals surface area contributed by atoms with E-state index in [-0.39, 0.29) is 18.0 Å². The molecule has 1 aromatic rings. The predicted molar refractivity (Wildman–Crippen MR) is 42.6 cm³/mol. The molecule has 12 heavy (non-hydrogen) atoms. The van der Waals surface area contributed by atoms with Gasteiger partial charge in [-0.1, -0.05) is 0 Å². The number of aromatic nitrogens is 2. The average Bonchev–Trinajstić information content (AvgIpc) is 2.09. The first kappa shape index (κ1) is 8.45.